The summed E-state index contributed by atoms with van der Waals surface area (Å²) < 4.78 is 52.9. The fourth-order valence-electron chi connectivity index (χ4n) is 3.98. The van der Waals surface area contributed by atoms with Gasteiger partial charge in [0, 0.05) is 25.4 Å². The Hall–Kier alpha value is -3.81. The average molecular weight is 575 g/mol. The molecule has 0 aromatic carbocycles. The second-order valence-electron chi connectivity index (χ2n) is 9.54. The van der Waals surface area contributed by atoms with Gasteiger partial charge in [0.05, 0.1) is 50.6 Å². The molecular weight excluding hydrogens is 545 g/mol. The Bertz CT molecular complexity index is 1460. The van der Waals surface area contributed by atoms with Crippen molar-refractivity contribution in [3.05, 3.63) is 47.4 Å². The van der Waals surface area contributed by atoms with Gasteiger partial charge in [0.25, 0.3) is 0 Å². The zero-order valence-electron chi connectivity index (χ0n) is 22.7. The number of rotatable bonds is 9. The summed E-state index contributed by atoms with van der Waals surface area (Å²) in [5.74, 6) is 0.236. The highest BCUT2D eigenvalue weighted by atomic mass is 32.2. The molecule has 1 saturated carbocycles. The van der Waals surface area contributed by atoms with E-state index in [1.54, 1.807) is 26.0 Å². The maximum absolute atomic E-state index is 13.8. The van der Waals surface area contributed by atoms with E-state index in [0.29, 0.717) is 33.8 Å². The Kier molecular flexibility index (Phi) is 8.57. The van der Waals surface area contributed by atoms with Gasteiger partial charge in [-0.3, -0.25) is 19.0 Å². The number of anilines is 2. The lowest BCUT2D eigenvalue weighted by atomic mass is 10.1. The van der Waals surface area contributed by atoms with Crippen molar-refractivity contribution in [3.8, 4) is 11.4 Å². The van der Waals surface area contributed by atoms with Gasteiger partial charge in [0.1, 0.15) is 18.1 Å². The molecule has 1 N–H and O–H groups in total. The van der Waals surface area contributed by atoms with Crippen LogP contribution in [-0.2, 0) is 22.1 Å². The number of carbonyl (C=O) groups excluding carboxylic acids is 1. The van der Waals surface area contributed by atoms with Crippen LogP contribution in [0.5, 0.6) is 0 Å². The van der Waals surface area contributed by atoms with Crippen molar-refractivity contribution < 1.29 is 22.2 Å². The summed E-state index contributed by atoms with van der Waals surface area (Å²) >= 11 is 0. The second-order valence-corrected chi connectivity index (χ2v) is 10.9. The lowest BCUT2D eigenvalue weighted by Gasteiger charge is -2.30. The predicted octanol–water partition coefficient (Wildman–Crippen LogP) is 4.16. The molecule has 14 heteroatoms. The van der Waals surface area contributed by atoms with Crippen LogP contribution in [0.25, 0.3) is 11.4 Å². The number of nitrogens with one attached hydrogen (secondary N) is 1. The first-order chi connectivity index (χ1) is 18.9. The van der Waals surface area contributed by atoms with Crippen molar-refractivity contribution >= 4 is 34.4 Å². The third-order valence-corrected chi connectivity index (χ3v) is 7.52. The van der Waals surface area contributed by atoms with Crippen molar-refractivity contribution in [2.24, 2.45) is 4.99 Å². The summed E-state index contributed by atoms with van der Waals surface area (Å²) in [6, 6.07) is 1.39. The van der Waals surface area contributed by atoms with E-state index in [4.69, 9.17) is 0 Å². The quantitative estimate of drug-likeness (QED) is 0.228. The average Bonchev–Trinajstić information content (AvgIpc) is 3.76. The van der Waals surface area contributed by atoms with Crippen molar-refractivity contribution in [1.29, 1.82) is 0 Å². The molecule has 0 radical (unpaired) electrons. The summed E-state index contributed by atoms with van der Waals surface area (Å²) in [7, 11) is 0.0936. The molecule has 10 nitrogen and oxygen atoms in total. The van der Waals surface area contributed by atoms with Crippen LogP contribution in [0, 0.1) is 13.8 Å². The summed E-state index contributed by atoms with van der Waals surface area (Å²) in [6.45, 7) is 4.43. The van der Waals surface area contributed by atoms with Crippen LogP contribution < -0.4 is 10.2 Å². The van der Waals surface area contributed by atoms with E-state index in [2.05, 4.69) is 35.2 Å². The zero-order valence-corrected chi connectivity index (χ0v) is 23.5. The van der Waals surface area contributed by atoms with E-state index < -0.39 is 23.0 Å². The molecule has 212 valence electrons. The molecule has 4 rings (SSSR count). The molecular formula is C26H29F3N8O2S. The number of pyridine rings is 1. The molecule has 3 aromatic rings. The highest BCUT2D eigenvalue weighted by molar-refractivity contribution is 7.84. The fourth-order valence-corrected chi connectivity index (χ4v) is 4.44. The molecule has 3 heterocycles. The van der Waals surface area contributed by atoms with E-state index in [1.807, 2.05) is 0 Å². The Labute approximate surface area is 232 Å². The van der Waals surface area contributed by atoms with E-state index >= 15 is 0 Å². The summed E-state index contributed by atoms with van der Waals surface area (Å²) in [5, 5.41) is 2.84. The Morgan fingerprint density at radius 1 is 1.20 bits per heavy atom. The minimum absolute atomic E-state index is 0.00507. The highest BCUT2D eigenvalue weighted by Crippen LogP contribution is 2.44. The minimum Gasteiger partial charge on any atom is -0.346 e. The van der Waals surface area contributed by atoms with Gasteiger partial charge < -0.3 is 10.2 Å². The lowest BCUT2D eigenvalue weighted by molar-refractivity contribution is -0.144. The third-order valence-electron chi connectivity index (χ3n) is 6.62. The highest BCUT2D eigenvalue weighted by Gasteiger charge is 2.40. The van der Waals surface area contributed by atoms with Crippen molar-refractivity contribution in [1.82, 2.24) is 24.9 Å². The second kappa shape index (κ2) is 11.7. The number of hydrogen-bond donors (Lipinski definition) is 1. The van der Waals surface area contributed by atoms with Gasteiger partial charge in [-0.05, 0) is 45.7 Å². The minimum atomic E-state index is -4.54. The van der Waals surface area contributed by atoms with Crippen LogP contribution in [-0.4, -0.2) is 66.8 Å². The third kappa shape index (κ3) is 6.49. The number of aryl methyl sites for hydroxylation is 2. The Balaban J connectivity index is 1.75. The van der Waals surface area contributed by atoms with E-state index in [-0.39, 0.29) is 35.6 Å². The molecule has 1 unspecified atom stereocenters. The number of alkyl halides is 3. The normalized spacial score (nSPS) is 15.4. The Morgan fingerprint density at radius 3 is 2.50 bits per heavy atom. The first kappa shape index (κ1) is 29.2. The number of aliphatic imine (C=N–C) groups is 1. The monoisotopic (exact) mass is 574 g/mol. The number of aldehydes is 1. The van der Waals surface area contributed by atoms with Gasteiger partial charge >= 0.3 is 6.18 Å². The summed E-state index contributed by atoms with van der Waals surface area (Å²) in [5.41, 5.74) is 2.92. The molecule has 0 amide bonds. The van der Waals surface area contributed by atoms with Crippen molar-refractivity contribution in [3.63, 3.8) is 0 Å². The molecule has 1 fully saturated rings. The fraction of sp³-hybridized carbons (Fsp3) is 0.423. The standard InChI is InChI=1S/C26H29F3N8O2S/c1-14-21(23(17-6-7-17)33-13-32-14)24-34-15(2)22(25(36-24)37(4)16(3)26(27,28)29)35-20(12-38)31-10-18-8-9-19(11-30-18)40(5)39/h8-9,11-13,16-17H,6-7,10H2,1-5H3,(H,31,35)/t16-,40?/m0/s1. The number of hydrogen-bond acceptors (Lipinski definition) is 9. The first-order valence-corrected chi connectivity index (χ1v) is 14.0. The number of halogens is 3. The van der Waals surface area contributed by atoms with Gasteiger partial charge in [-0.25, -0.2) is 19.9 Å². The molecule has 40 heavy (non-hydrogen) atoms. The van der Waals surface area contributed by atoms with Crippen molar-refractivity contribution in [2.45, 2.75) is 63.2 Å². The molecule has 0 bridgehead atoms. The first-order valence-electron chi connectivity index (χ1n) is 12.5. The molecule has 1 aliphatic carbocycles. The molecule has 1 aliphatic rings. The van der Waals surface area contributed by atoms with Gasteiger partial charge in [-0.15, -0.1) is 0 Å². The number of nitrogens with zero attached hydrogens (tertiary/aromatic N) is 7. The molecule has 0 spiro atoms. The van der Waals surface area contributed by atoms with Crippen LogP contribution in [0.15, 0.2) is 34.5 Å². The molecule has 2 atom stereocenters. The predicted molar refractivity (Wildman–Crippen MR) is 146 cm³/mol. The van der Waals surface area contributed by atoms with Gasteiger partial charge in [-0.2, -0.15) is 13.2 Å². The number of aromatic nitrogens is 5. The van der Waals surface area contributed by atoms with Crippen molar-refractivity contribution in [2.75, 3.05) is 23.5 Å². The van der Waals surface area contributed by atoms with Gasteiger partial charge in [-0.1, -0.05) is 0 Å². The van der Waals surface area contributed by atoms with E-state index in [9.17, 15) is 22.2 Å². The van der Waals surface area contributed by atoms with Crippen LogP contribution in [0.2, 0.25) is 0 Å². The maximum Gasteiger partial charge on any atom is 0.408 e. The molecule has 0 aliphatic heterocycles. The van der Waals surface area contributed by atoms with Crippen LogP contribution >= 0.6 is 0 Å². The number of carbonyl (C=O) groups is 1. The lowest BCUT2D eigenvalue weighted by Crippen LogP contribution is -2.42. The largest absolute Gasteiger partial charge is 0.408 e. The Morgan fingerprint density at radius 2 is 1.93 bits per heavy atom. The summed E-state index contributed by atoms with van der Waals surface area (Å²) in [4.78, 5) is 39.7. The zero-order chi connectivity index (χ0) is 29.2. The van der Waals surface area contributed by atoms with Gasteiger partial charge in [0.2, 0.25) is 0 Å². The molecule has 0 saturated heterocycles. The van der Waals surface area contributed by atoms with Crippen LogP contribution in [0.4, 0.5) is 24.7 Å². The summed E-state index contributed by atoms with van der Waals surface area (Å²) in [6.07, 6.45) is 2.27. The van der Waals surface area contributed by atoms with E-state index in [1.165, 1.54) is 25.8 Å². The van der Waals surface area contributed by atoms with E-state index in [0.717, 1.165) is 30.4 Å². The maximum atomic E-state index is 13.8. The smallest absolute Gasteiger partial charge is 0.346 e. The van der Waals surface area contributed by atoms with Gasteiger partial charge in [0.15, 0.2) is 23.8 Å². The molecule has 3 aromatic heterocycles. The van der Waals surface area contributed by atoms with Crippen LogP contribution in [0.1, 0.15) is 48.5 Å². The van der Waals surface area contributed by atoms with Crippen LogP contribution in [0.3, 0.4) is 0 Å². The SMILES string of the molecule is Cc1nc(-c2c(C)ncnc2C2CC2)nc(N(C)[C@@H](C)C(F)(F)F)c1NC(C=O)=NCc1ccc(S(C)=O)cn1. The topological polar surface area (TPSA) is 126 Å². The number of amidine groups is 1.